The molecule has 20 heavy (non-hydrogen) atoms. The molecule has 1 aliphatic rings. The molecule has 1 saturated heterocycles. The summed E-state index contributed by atoms with van der Waals surface area (Å²) >= 11 is 0. The van der Waals surface area contributed by atoms with E-state index in [0.717, 1.165) is 31.1 Å². The van der Waals surface area contributed by atoms with Crippen molar-refractivity contribution in [3.63, 3.8) is 0 Å². The largest absolute Gasteiger partial charge is 0.493 e. The monoisotopic (exact) mass is 279 g/mol. The number of hydrogen-bond donors (Lipinski definition) is 1. The van der Waals surface area contributed by atoms with E-state index in [1.807, 2.05) is 24.3 Å². The van der Waals surface area contributed by atoms with Crippen molar-refractivity contribution in [2.24, 2.45) is 11.8 Å². The molecule has 0 bridgehead atoms. The molecule has 110 valence electrons. The summed E-state index contributed by atoms with van der Waals surface area (Å²) in [6.45, 7) is 4.83. The van der Waals surface area contributed by atoms with Crippen molar-refractivity contribution >= 4 is 5.97 Å². The van der Waals surface area contributed by atoms with Gasteiger partial charge in [0.2, 0.25) is 0 Å². The van der Waals surface area contributed by atoms with Gasteiger partial charge in [-0.05, 0) is 18.1 Å². The van der Waals surface area contributed by atoms with Crippen molar-refractivity contribution < 1.29 is 19.4 Å². The lowest BCUT2D eigenvalue weighted by molar-refractivity contribution is -0.145. The molecule has 1 N–H and O–H groups in total. The lowest BCUT2D eigenvalue weighted by Crippen LogP contribution is -2.52. The van der Waals surface area contributed by atoms with Gasteiger partial charge in [-0.3, -0.25) is 9.69 Å². The Hall–Kier alpha value is -1.75. The summed E-state index contributed by atoms with van der Waals surface area (Å²) in [6, 6.07) is 7.55. The van der Waals surface area contributed by atoms with Crippen LogP contribution in [0.2, 0.25) is 0 Å². The molecule has 1 unspecified atom stereocenters. The van der Waals surface area contributed by atoms with Crippen LogP contribution in [0.1, 0.15) is 6.92 Å². The fourth-order valence-electron chi connectivity index (χ4n) is 2.33. The van der Waals surface area contributed by atoms with Gasteiger partial charge in [-0.15, -0.1) is 0 Å². The maximum atomic E-state index is 10.9. The highest BCUT2D eigenvalue weighted by Gasteiger charge is 2.34. The van der Waals surface area contributed by atoms with Crippen LogP contribution in [0, 0.1) is 11.8 Å². The van der Waals surface area contributed by atoms with Crippen LogP contribution in [0.3, 0.4) is 0 Å². The third-order valence-corrected chi connectivity index (χ3v) is 3.82. The molecule has 1 atom stereocenters. The summed E-state index contributed by atoms with van der Waals surface area (Å²) in [6.07, 6.45) is 0. The Morgan fingerprint density at radius 1 is 1.40 bits per heavy atom. The summed E-state index contributed by atoms with van der Waals surface area (Å²) in [5, 5.41) is 8.93. The summed E-state index contributed by atoms with van der Waals surface area (Å²) < 4.78 is 10.9. The Kier molecular flexibility index (Phi) is 4.84. The predicted octanol–water partition coefficient (Wildman–Crippen LogP) is 1.73. The zero-order valence-corrected chi connectivity index (χ0v) is 11.9. The number of carboxylic acids is 1. The van der Waals surface area contributed by atoms with Crippen LogP contribution < -0.4 is 9.47 Å². The molecule has 0 amide bonds. The molecular formula is C15H21NO4. The Bertz CT molecular complexity index is 457. The number of ether oxygens (including phenoxy) is 2. The minimum Gasteiger partial charge on any atom is -0.493 e. The quantitative estimate of drug-likeness (QED) is 0.823. The minimum absolute atomic E-state index is 0.263. The minimum atomic E-state index is -0.708. The summed E-state index contributed by atoms with van der Waals surface area (Å²) in [5.41, 5.74) is 0. The number of methoxy groups -OCH3 is 1. The molecule has 0 saturated carbocycles. The number of carbonyl (C=O) groups is 1. The van der Waals surface area contributed by atoms with Crippen LogP contribution in [0.4, 0.5) is 0 Å². The predicted molar refractivity (Wildman–Crippen MR) is 75.2 cm³/mol. The number of rotatable bonds is 7. The van der Waals surface area contributed by atoms with Gasteiger partial charge in [0.25, 0.3) is 0 Å². The Balaban J connectivity index is 1.69. The van der Waals surface area contributed by atoms with Crippen molar-refractivity contribution in [1.82, 2.24) is 4.90 Å². The molecule has 0 aliphatic carbocycles. The molecule has 0 radical (unpaired) electrons. The van der Waals surface area contributed by atoms with Crippen molar-refractivity contribution in [3.8, 4) is 11.5 Å². The number of nitrogens with zero attached hydrogens (tertiary/aromatic N) is 1. The third-order valence-electron chi connectivity index (χ3n) is 3.82. The maximum absolute atomic E-state index is 10.9. The van der Waals surface area contributed by atoms with Crippen molar-refractivity contribution in [1.29, 1.82) is 0 Å². The molecule has 1 aromatic rings. The second-order valence-electron chi connectivity index (χ2n) is 5.15. The van der Waals surface area contributed by atoms with Gasteiger partial charge in [0.15, 0.2) is 11.5 Å². The topological polar surface area (TPSA) is 59.0 Å². The summed E-state index contributed by atoms with van der Waals surface area (Å²) in [7, 11) is 1.62. The number of aliphatic carboxylic acids is 1. The number of carboxylic acid groups (broad SMARTS) is 1. The first kappa shape index (κ1) is 14.7. The van der Waals surface area contributed by atoms with Crippen LogP contribution in [-0.4, -0.2) is 49.3 Å². The fourth-order valence-corrected chi connectivity index (χ4v) is 2.33. The van der Waals surface area contributed by atoms with Crippen LogP contribution in [0.25, 0.3) is 0 Å². The van der Waals surface area contributed by atoms with Crippen LogP contribution in [-0.2, 0) is 4.79 Å². The van der Waals surface area contributed by atoms with E-state index in [4.69, 9.17) is 14.6 Å². The van der Waals surface area contributed by atoms with Crippen molar-refractivity contribution in [3.05, 3.63) is 24.3 Å². The van der Waals surface area contributed by atoms with E-state index in [-0.39, 0.29) is 11.8 Å². The van der Waals surface area contributed by atoms with Crippen LogP contribution >= 0.6 is 0 Å². The maximum Gasteiger partial charge on any atom is 0.306 e. The van der Waals surface area contributed by atoms with Gasteiger partial charge >= 0.3 is 5.97 Å². The molecule has 1 aliphatic heterocycles. The van der Waals surface area contributed by atoms with Gasteiger partial charge in [0.05, 0.1) is 13.0 Å². The van der Waals surface area contributed by atoms with Gasteiger partial charge in [-0.2, -0.15) is 0 Å². The highest BCUT2D eigenvalue weighted by molar-refractivity contribution is 5.70. The van der Waals surface area contributed by atoms with Crippen LogP contribution in [0.5, 0.6) is 11.5 Å². The molecule has 1 fully saturated rings. The van der Waals surface area contributed by atoms with E-state index in [0.29, 0.717) is 6.61 Å². The number of hydrogen-bond acceptors (Lipinski definition) is 4. The Morgan fingerprint density at radius 3 is 2.65 bits per heavy atom. The van der Waals surface area contributed by atoms with E-state index in [2.05, 4.69) is 4.90 Å². The summed E-state index contributed by atoms with van der Waals surface area (Å²) in [4.78, 5) is 13.1. The highest BCUT2D eigenvalue weighted by atomic mass is 16.5. The van der Waals surface area contributed by atoms with Crippen LogP contribution in [0.15, 0.2) is 24.3 Å². The molecular weight excluding hydrogens is 258 g/mol. The summed E-state index contributed by atoms with van der Waals surface area (Å²) in [5.74, 6) is 0.763. The van der Waals surface area contributed by atoms with Crippen molar-refractivity contribution in [2.75, 3.05) is 33.4 Å². The van der Waals surface area contributed by atoms with Gasteiger partial charge in [0.1, 0.15) is 6.61 Å². The molecule has 5 nitrogen and oxygen atoms in total. The smallest absolute Gasteiger partial charge is 0.306 e. The average molecular weight is 279 g/mol. The lowest BCUT2D eigenvalue weighted by atomic mass is 9.87. The van der Waals surface area contributed by atoms with E-state index < -0.39 is 5.97 Å². The lowest BCUT2D eigenvalue weighted by Gasteiger charge is -2.41. The number of benzene rings is 1. The Morgan fingerprint density at radius 2 is 2.05 bits per heavy atom. The second-order valence-corrected chi connectivity index (χ2v) is 5.15. The average Bonchev–Trinajstić information content (AvgIpc) is 2.41. The molecule has 0 aromatic heterocycles. The molecule has 2 rings (SSSR count). The third kappa shape index (κ3) is 3.42. The SMILES string of the molecule is COc1ccccc1OCCN1CC(C(C)C(=O)O)C1. The van der Waals surface area contributed by atoms with Gasteiger partial charge in [0, 0.05) is 19.6 Å². The van der Waals surface area contributed by atoms with E-state index in [1.54, 1.807) is 14.0 Å². The molecule has 1 aromatic carbocycles. The first-order chi connectivity index (χ1) is 9.61. The zero-order chi connectivity index (χ0) is 14.5. The zero-order valence-electron chi connectivity index (χ0n) is 11.9. The normalized spacial score (nSPS) is 17.3. The fraction of sp³-hybridized carbons (Fsp3) is 0.533. The van der Waals surface area contributed by atoms with Gasteiger partial charge in [-0.25, -0.2) is 0 Å². The molecule has 5 heteroatoms. The van der Waals surface area contributed by atoms with E-state index >= 15 is 0 Å². The highest BCUT2D eigenvalue weighted by Crippen LogP contribution is 2.26. The van der Waals surface area contributed by atoms with Crippen molar-refractivity contribution in [2.45, 2.75) is 6.92 Å². The first-order valence-electron chi connectivity index (χ1n) is 6.82. The first-order valence-corrected chi connectivity index (χ1v) is 6.82. The van der Waals surface area contributed by atoms with Gasteiger partial charge < -0.3 is 14.6 Å². The number of para-hydroxylation sites is 2. The van der Waals surface area contributed by atoms with E-state index in [9.17, 15) is 4.79 Å². The van der Waals surface area contributed by atoms with E-state index in [1.165, 1.54) is 0 Å². The second kappa shape index (κ2) is 6.61. The number of likely N-dealkylation sites (tertiary alicyclic amines) is 1. The molecule has 0 spiro atoms. The standard InChI is InChI=1S/C15H21NO4/c1-11(15(17)18)12-9-16(10-12)7-8-20-14-6-4-3-5-13(14)19-2/h3-6,11-12H,7-10H2,1-2H3,(H,17,18). The Labute approximate surface area is 119 Å². The molecule has 1 heterocycles. The van der Waals surface area contributed by atoms with Gasteiger partial charge in [-0.1, -0.05) is 19.1 Å².